The van der Waals surface area contributed by atoms with Crippen LogP contribution in [0.3, 0.4) is 0 Å². The van der Waals surface area contributed by atoms with Crippen molar-refractivity contribution in [1.29, 1.82) is 0 Å². The van der Waals surface area contributed by atoms with Gasteiger partial charge in [0.1, 0.15) is 11.4 Å². The summed E-state index contributed by atoms with van der Waals surface area (Å²) in [7, 11) is 0. The zero-order valence-electron chi connectivity index (χ0n) is 15.6. The maximum atomic E-state index is 5.94. The van der Waals surface area contributed by atoms with Crippen molar-refractivity contribution in [2.75, 3.05) is 0 Å². The highest BCUT2D eigenvalue weighted by molar-refractivity contribution is 5.95. The lowest BCUT2D eigenvalue weighted by atomic mass is 10.0. The third-order valence-electron chi connectivity index (χ3n) is 4.48. The van der Waals surface area contributed by atoms with E-state index in [1.165, 1.54) is 0 Å². The van der Waals surface area contributed by atoms with Gasteiger partial charge in [0.25, 0.3) is 0 Å². The largest absolute Gasteiger partial charge is 0.491 e. The van der Waals surface area contributed by atoms with Crippen LogP contribution in [0.4, 0.5) is 0 Å². The number of ether oxygens (including phenoxy) is 1. The highest BCUT2D eigenvalue weighted by Gasteiger charge is 2.14. The Morgan fingerprint density at radius 3 is 2.59 bits per heavy atom. The normalized spacial score (nSPS) is 11.3. The monoisotopic (exact) mass is 357 g/mol. The zero-order valence-corrected chi connectivity index (χ0v) is 15.6. The first-order chi connectivity index (χ1) is 13.2. The average Bonchev–Trinajstić information content (AvgIpc) is 3.07. The lowest BCUT2D eigenvalue weighted by Gasteiger charge is -2.13. The molecule has 2 heterocycles. The average molecular weight is 357 g/mol. The minimum absolute atomic E-state index is 0.109. The SMILES string of the molecule is CC(C)Oc1cc(CN)cc(-c2cn(-c3ccccc3)c3ncccc23)c1. The molecule has 0 bridgehead atoms. The summed E-state index contributed by atoms with van der Waals surface area (Å²) in [6.07, 6.45) is 4.08. The van der Waals surface area contributed by atoms with E-state index in [1.54, 1.807) is 0 Å². The molecule has 0 radical (unpaired) electrons. The Morgan fingerprint density at radius 2 is 1.85 bits per heavy atom. The smallest absolute Gasteiger partial charge is 0.145 e. The molecule has 0 aliphatic carbocycles. The predicted molar refractivity (Wildman–Crippen MR) is 110 cm³/mol. The minimum atomic E-state index is 0.109. The highest BCUT2D eigenvalue weighted by atomic mass is 16.5. The molecule has 4 aromatic rings. The van der Waals surface area contributed by atoms with Crippen molar-refractivity contribution >= 4 is 11.0 Å². The van der Waals surface area contributed by atoms with Crippen molar-refractivity contribution < 1.29 is 4.74 Å². The van der Waals surface area contributed by atoms with E-state index in [1.807, 2.05) is 50.4 Å². The van der Waals surface area contributed by atoms with Crippen LogP contribution >= 0.6 is 0 Å². The molecule has 0 atom stereocenters. The Bertz CT molecular complexity index is 1070. The molecule has 0 aliphatic heterocycles. The summed E-state index contributed by atoms with van der Waals surface area (Å²) >= 11 is 0. The van der Waals surface area contributed by atoms with E-state index in [0.717, 1.165) is 39.2 Å². The van der Waals surface area contributed by atoms with Gasteiger partial charge in [-0.15, -0.1) is 0 Å². The maximum absolute atomic E-state index is 5.94. The van der Waals surface area contributed by atoms with Crippen molar-refractivity contribution in [1.82, 2.24) is 9.55 Å². The molecule has 4 nitrogen and oxygen atoms in total. The Kier molecular flexibility index (Phi) is 4.65. The van der Waals surface area contributed by atoms with Gasteiger partial charge in [-0.3, -0.25) is 0 Å². The quantitative estimate of drug-likeness (QED) is 0.550. The molecule has 4 heteroatoms. The Labute approximate surface area is 159 Å². The molecule has 0 saturated carbocycles. The van der Waals surface area contributed by atoms with Gasteiger partial charge in [0.2, 0.25) is 0 Å². The first kappa shape index (κ1) is 17.3. The number of nitrogens with zero attached hydrogens (tertiary/aromatic N) is 2. The topological polar surface area (TPSA) is 53.1 Å². The van der Waals surface area contributed by atoms with E-state index in [-0.39, 0.29) is 6.10 Å². The van der Waals surface area contributed by atoms with Gasteiger partial charge in [-0.1, -0.05) is 18.2 Å². The molecule has 27 heavy (non-hydrogen) atoms. The van der Waals surface area contributed by atoms with E-state index in [0.29, 0.717) is 6.54 Å². The molecule has 136 valence electrons. The van der Waals surface area contributed by atoms with Crippen molar-refractivity contribution in [2.24, 2.45) is 5.73 Å². The summed E-state index contributed by atoms with van der Waals surface area (Å²) in [6, 6.07) is 20.6. The van der Waals surface area contributed by atoms with Crippen LogP contribution in [0.25, 0.3) is 27.8 Å². The summed E-state index contributed by atoms with van der Waals surface area (Å²) in [5.74, 6) is 0.840. The van der Waals surface area contributed by atoms with Crippen molar-refractivity contribution in [3.8, 4) is 22.6 Å². The fourth-order valence-corrected chi connectivity index (χ4v) is 3.35. The molecular weight excluding hydrogens is 334 g/mol. The van der Waals surface area contributed by atoms with Crippen LogP contribution in [0.2, 0.25) is 0 Å². The number of nitrogens with two attached hydrogens (primary N) is 1. The van der Waals surface area contributed by atoms with Gasteiger partial charge in [0.15, 0.2) is 0 Å². The second-order valence-corrected chi connectivity index (χ2v) is 6.86. The molecular formula is C23H23N3O. The predicted octanol–water partition coefficient (Wildman–Crippen LogP) is 4.94. The summed E-state index contributed by atoms with van der Waals surface area (Å²) in [5.41, 5.74) is 11.2. The summed E-state index contributed by atoms with van der Waals surface area (Å²) < 4.78 is 8.07. The maximum Gasteiger partial charge on any atom is 0.145 e. The van der Waals surface area contributed by atoms with E-state index in [2.05, 4.69) is 46.1 Å². The van der Waals surface area contributed by atoms with E-state index >= 15 is 0 Å². The van der Waals surface area contributed by atoms with Gasteiger partial charge in [0.05, 0.1) is 6.10 Å². The fraction of sp³-hybridized carbons (Fsp3) is 0.174. The fourth-order valence-electron chi connectivity index (χ4n) is 3.35. The molecule has 0 unspecified atom stereocenters. The Morgan fingerprint density at radius 1 is 1.04 bits per heavy atom. The van der Waals surface area contributed by atoms with Gasteiger partial charge >= 0.3 is 0 Å². The molecule has 0 saturated heterocycles. The van der Waals surface area contributed by atoms with Crippen LogP contribution in [0.5, 0.6) is 5.75 Å². The van der Waals surface area contributed by atoms with Gasteiger partial charge in [0, 0.05) is 35.6 Å². The highest BCUT2D eigenvalue weighted by Crippen LogP contribution is 2.34. The number of hydrogen-bond donors (Lipinski definition) is 1. The number of benzene rings is 2. The summed E-state index contributed by atoms with van der Waals surface area (Å²) in [4.78, 5) is 4.62. The van der Waals surface area contributed by atoms with Crippen molar-refractivity contribution in [3.05, 3.63) is 78.6 Å². The van der Waals surface area contributed by atoms with Gasteiger partial charge in [-0.25, -0.2) is 4.98 Å². The van der Waals surface area contributed by atoms with E-state index in [9.17, 15) is 0 Å². The number of hydrogen-bond acceptors (Lipinski definition) is 3. The second kappa shape index (κ2) is 7.25. The standard InChI is InChI=1S/C23H23N3O/c1-16(2)27-20-12-17(14-24)11-18(13-20)22-15-26(19-7-4-3-5-8-19)23-21(22)9-6-10-25-23/h3-13,15-16H,14,24H2,1-2H3. The van der Waals surface area contributed by atoms with E-state index < -0.39 is 0 Å². The van der Waals surface area contributed by atoms with Crippen LogP contribution in [0.15, 0.2) is 73.1 Å². The van der Waals surface area contributed by atoms with E-state index in [4.69, 9.17) is 10.5 Å². The van der Waals surface area contributed by atoms with Crippen LogP contribution in [-0.2, 0) is 6.54 Å². The van der Waals surface area contributed by atoms with Crippen LogP contribution in [0, 0.1) is 0 Å². The lowest BCUT2D eigenvalue weighted by molar-refractivity contribution is 0.242. The first-order valence-electron chi connectivity index (χ1n) is 9.18. The van der Waals surface area contributed by atoms with Crippen LogP contribution in [-0.4, -0.2) is 15.7 Å². The molecule has 0 fully saturated rings. The number of fused-ring (bicyclic) bond motifs is 1. The Hall–Kier alpha value is -3.11. The first-order valence-corrected chi connectivity index (χ1v) is 9.18. The molecule has 0 aliphatic rings. The zero-order chi connectivity index (χ0) is 18.8. The van der Waals surface area contributed by atoms with Gasteiger partial charge in [-0.2, -0.15) is 0 Å². The molecule has 4 rings (SSSR count). The number of pyridine rings is 1. The third kappa shape index (κ3) is 3.44. The third-order valence-corrected chi connectivity index (χ3v) is 4.48. The van der Waals surface area contributed by atoms with Gasteiger partial charge in [-0.05, 0) is 67.4 Å². The molecule has 0 spiro atoms. The Balaban J connectivity index is 1.92. The van der Waals surface area contributed by atoms with Crippen molar-refractivity contribution in [2.45, 2.75) is 26.5 Å². The number of para-hydroxylation sites is 1. The molecule has 2 aromatic carbocycles. The summed E-state index contributed by atoms with van der Waals surface area (Å²) in [6.45, 7) is 4.53. The second-order valence-electron chi connectivity index (χ2n) is 6.86. The lowest BCUT2D eigenvalue weighted by Crippen LogP contribution is -2.06. The molecule has 2 aromatic heterocycles. The van der Waals surface area contributed by atoms with Gasteiger partial charge < -0.3 is 15.0 Å². The summed E-state index contributed by atoms with van der Waals surface area (Å²) in [5, 5.41) is 1.10. The van der Waals surface area contributed by atoms with Crippen molar-refractivity contribution in [3.63, 3.8) is 0 Å². The number of rotatable bonds is 5. The van der Waals surface area contributed by atoms with Crippen LogP contribution in [0.1, 0.15) is 19.4 Å². The molecule has 2 N–H and O–H groups in total. The minimum Gasteiger partial charge on any atom is -0.491 e. The van der Waals surface area contributed by atoms with Crippen LogP contribution < -0.4 is 10.5 Å². The molecule has 0 amide bonds. The number of aromatic nitrogens is 2.